The summed E-state index contributed by atoms with van der Waals surface area (Å²) in [5.41, 5.74) is 10.1. The maximum atomic E-state index is 13.5. The van der Waals surface area contributed by atoms with Gasteiger partial charge in [0.15, 0.2) is 0 Å². The molecular weight excluding hydrogens is 568 g/mol. The molecule has 0 aromatic heterocycles. The van der Waals surface area contributed by atoms with Gasteiger partial charge in [-0.25, -0.2) is 0 Å². The number of carbonyl (C=O) groups is 6. The third kappa shape index (κ3) is 13.0. The SMILES string of the molecule is C=CCOC(=O)CNC(=O)[C@H](Cc1ccccc1)NC(=O)[C@H](CCC(=O)C=[N+]=[N-])NC(=O)[C@H](Cc1ccccc1)NC(C)=O. The Hall–Kier alpha value is -5.42. The molecule has 0 aliphatic rings. The molecule has 0 aliphatic heterocycles. The number of nitrogens with zero attached hydrogens (tertiary/aromatic N) is 2. The van der Waals surface area contributed by atoms with Crippen molar-refractivity contribution in [1.82, 2.24) is 21.3 Å². The van der Waals surface area contributed by atoms with Crippen LogP contribution < -0.4 is 21.3 Å². The number of hydrogen-bond donors (Lipinski definition) is 4. The van der Waals surface area contributed by atoms with Gasteiger partial charge < -0.3 is 31.5 Å². The van der Waals surface area contributed by atoms with Crippen LogP contribution in [0.1, 0.15) is 30.9 Å². The van der Waals surface area contributed by atoms with E-state index in [1.54, 1.807) is 60.7 Å². The number of nitrogens with one attached hydrogen (secondary N) is 4. The van der Waals surface area contributed by atoms with E-state index >= 15 is 0 Å². The third-order valence-corrected chi connectivity index (χ3v) is 6.18. The van der Waals surface area contributed by atoms with Crippen LogP contribution in [0.2, 0.25) is 0 Å². The Labute approximate surface area is 255 Å². The summed E-state index contributed by atoms with van der Waals surface area (Å²) in [6.07, 6.45) is 1.71. The second kappa shape index (κ2) is 18.9. The lowest BCUT2D eigenvalue weighted by Gasteiger charge is -2.25. The molecule has 13 nitrogen and oxygen atoms in total. The first-order valence-electron chi connectivity index (χ1n) is 13.8. The minimum atomic E-state index is -1.32. The van der Waals surface area contributed by atoms with Crippen LogP contribution in [-0.4, -0.2) is 77.7 Å². The first-order chi connectivity index (χ1) is 21.1. The molecule has 0 unspecified atom stereocenters. The van der Waals surface area contributed by atoms with Gasteiger partial charge in [-0.3, -0.25) is 28.8 Å². The minimum absolute atomic E-state index is 0.0380. The van der Waals surface area contributed by atoms with E-state index in [1.807, 2.05) is 0 Å². The zero-order valence-electron chi connectivity index (χ0n) is 24.4. The highest BCUT2D eigenvalue weighted by Crippen LogP contribution is 2.08. The molecule has 0 radical (unpaired) electrons. The fraction of sp³-hybridized carbons (Fsp3) is 0.323. The van der Waals surface area contributed by atoms with Gasteiger partial charge in [-0.15, -0.1) is 0 Å². The van der Waals surface area contributed by atoms with Gasteiger partial charge in [0, 0.05) is 26.2 Å². The molecule has 0 spiro atoms. The maximum absolute atomic E-state index is 13.5. The summed E-state index contributed by atoms with van der Waals surface area (Å²) in [7, 11) is 0. The second-order valence-electron chi connectivity index (χ2n) is 9.69. The van der Waals surface area contributed by atoms with Crippen molar-refractivity contribution in [3.8, 4) is 0 Å². The molecular formula is C31H36N6O7. The van der Waals surface area contributed by atoms with Crippen LogP contribution in [0.15, 0.2) is 73.3 Å². The van der Waals surface area contributed by atoms with Crippen molar-refractivity contribution in [3.63, 3.8) is 0 Å². The molecule has 3 atom stereocenters. The van der Waals surface area contributed by atoms with E-state index in [0.29, 0.717) is 11.8 Å². The van der Waals surface area contributed by atoms with Crippen LogP contribution >= 0.6 is 0 Å². The lowest BCUT2D eigenvalue weighted by atomic mass is 10.0. The van der Waals surface area contributed by atoms with Crippen molar-refractivity contribution in [1.29, 1.82) is 0 Å². The van der Waals surface area contributed by atoms with Crippen LogP contribution in [-0.2, 0) is 46.3 Å². The number of Topliss-reactive ketones (excluding diaryl/α,β-unsaturated/α-hetero) is 1. The Balaban J connectivity index is 2.28. The van der Waals surface area contributed by atoms with Gasteiger partial charge in [-0.1, -0.05) is 73.3 Å². The summed E-state index contributed by atoms with van der Waals surface area (Å²) < 4.78 is 4.87. The van der Waals surface area contributed by atoms with E-state index in [1.165, 1.54) is 13.0 Å². The summed E-state index contributed by atoms with van der Waals surface area (Å²) in [5.74, 6) is -3.96. The fourth-order valence-electron chi connectivity index (χ4n) is 4.08. The number of carbonyl (C=O) groups excluding carboxylic acids is 6. The van der Waals surface area contributed by atoms with Crippen molar-refractivity contribution in [2.24, 2.45) is 0 Å². The number of esters is 1. The Morgan fingerprint density at radius 3 is 1.86 bits per heavy atom. The van der Waals surface area contributed by atoms with Gasteiger partial charge >= 0.3 is 12.2 Å². The van der Waals surface area contributed by atoms with Crippen LogP contribution in [0, 0.1) is 0 Å². The highest BCUT2D eigenvalue weighted by atomic mass is 16.5. The molecule has 232 valence electrons. The number of ether oxygens (including phenoxy) is 1. The molecule has 13 heteroatoms. The maximum Gasteiger partial charge on any atom is 0.325 e. The first-order valence-corrected chi connectivity index (χ1v) is 13.8. The topological polar surface area (TPSA) is 196 Å². The molecule has 0 fully saturated rings. The van der Waals surface area contributed by atoms with Crippen LogP contribution in [0.4, 0.5) is 0 Å². The normalized spacial score (nSPS) is 12.2. The van der Waals surface area contributed by atoms with E-state index < -0.39 is 60.1 Å². The molecule has 2 aromatic rings. The Kier molecular flexibility index (Phi) is 14.9. The van der Waals surface area contributed by atoms with Crippen LogP contribution in [0.5, 0.6) is 0 Å². The Bertz CT molecular complexity index is 1360. The molecule has 0 aliphatic carbocycles. The smallest absolute Gasteiger partial charge is 0.325 e. The lowest BCUT2D eigenvalue weighted by Crippen LogP contribution is -2.57. The summed E-state index contributed by atoms with van der Waals surface area (Å²) in [5, 5.41) is 10.2. The number of amides is 4. The monoisotopic (exact) mass is 604 g/mol. The van der Waals surface area contributed by atoms with Crippen molar-refractivity contribution in [2.45, 2.75) is 50.7 Å². The predicted octanol–water partition coefficient (Wildman–Crippen LogP) is 0.441. The van der Waals surface area contributed by atoms with E-state index in [9.17, 15) is 28.8 Å². The molecule has 0 saturated carbocycles. The van der Waals surface area contributed by atoms with Crippen molar-refractivity contribution >= 4 is 41.6 Å². The molecule has 0 saturated heterocycles. The molecule has 0 bridgehead atoms. The van der Waals surface area contributed by atoms with Crippen molar-refractivity contribution in [2.75, 3.05) is 13.2 Å². The summed E-state index contributed by atoms with van der Waals surface area (Å²) >= 11 is 0. The summed E-state index contributed by atoms with van der Waals surface area (Å²) in [6.45, 7) is 4.21. The Morgan fingerprint density at radius 2 is 1.34 bits per heavy atom. The highest BCUT2D eigenvalue weighted by Gasteiger charge is 2.30. The molecule has 44 heavy (non-hydrogen) atoms. The van der Waals surface area contributed by atoms with E-state index in [2.05, 4.69) is 32.6 Å². The van der Waals surface area contributed by atoms with E-state index in [0.717, 1.165) is 5.56 Å². The Morgan fingerprint density at radius 1 is 0.818 bits per heavy atom. The largest absolute Gasteiger partial charge is 0.460 e. The lowest BCUT2D eigenvalue weighted by molar-refractivity contribution is -0.143. The van der Waals surface area contributed by atoms with Gasteiger partial charge in [0.05, 0.1) is 0 Å². The third-order valence-electron chi connectivity index (χ3n) is 6.18. The molecule has 4 N–H and O–H groups in total. The number of ketones is 1. The van der Waals surface area contributed by atoms with E-state index in [-0.39, 0.29) is 32.3 Å². The van der Waals surface area contributed by atoms with Gasteiger partial charge in [-0.2, -0.15) is 4.79 Å². The number of hydrogen-bond acceptors (Lipinski definition) is 7. The van der Waals surface area contributed by atoms with Crippen LogP contribution in [0.3, 0.4) is 0 Å². The molecule has 2 rings (SSSR count). The molecule has 0 heterocycles. The van der Waals surface area contributed by atoms with Gasteiger partial charge in [0.2, 0.25) is 29.4 Å². The quantitative estimate of drug-likeness (QED) is 0.0622. The van der Waals surface area contributed by atoms with Gasteiger partial charge in [0.1, 0.15) is 31.3 Å². The predicted molar refractivity (Wildman–Crippen MR) is 160 cm³/mol. The number of benzene rings is 2. The van der Waals surface area contributed by atoms with Crippen molar-refractivity contribution < 1.29 is 38.3 Å². The summed E-state index contributed by atoms with van der Waals surface area (Å²) in [6, 6.07) is 14.1. The molecule has 4 amide bonds. The standard InChI is InChI=1S/C31H36N6O7/c1-3-16-44-28(40)20-33-29(41)26(17-22-10-6-4-7-11-22)37-30(42)25(15-14-24(39)19-34-32)36-31(43)27(35-21(2)38)18-23-12-8-5-9-13-23/h3-13,19,25-27H,1,14-18,20H2,2H3,(H,33,41)(H,35,38)(H,36,43)(H,37,42)/t25-,26-,27-/m0/s1. The molecule has 2 aromatic carbocycles. The fourth-order valence-corrected chi connectivity index (χ4v) is 4.08. The average molecular weight is 605 g/mol. The average Bonchev–Trinajstić information content (AvgIpc) is 3.00. The van der Waals surface area contributed by atoms with Crippen molar-refractivity contribution in [3.05, 3.63) is 90.0 Å². The van der Waals surface area contributed by atoms with Gasteiger partial charge in [0.25, 0.3) is 0 Å². The zero-order chi connectivity index (χ0) is 32.3. The van der Waals surface area contributed by atoms with Gasteiger partial charge in [-0.05, 0) is 17.5 Å². The first kappa shape index (κ1) is 34.8. The second-order valence-corrected chi connectivity index (χ2v) is 9.69. The minimum Gasteiger partial charge on any atom is -0.460 e. The van der Waals surface area contributed by atoms with Crippen LogP contribution in [0.25, 0.3) is 5.53 Å². The number of rotatable bonds is 18. The highest BCUT2D eigenvalue weighted by molar-refractivity contribution is 6.25. The van der Waals surface area contributed by atoms with E-state index in [4.69, 9.17) is 10.3 Å². The summed E-state index contributed by atoms with van der Waals surface area (Å²) in [4.78, 5) is 78.5. The zero-order valence-corrected chi connectivity index (χ0v) is 24.4.